The molecule has 0 atom stereocenters. The number of aryl methyl sites for hydroxylation is 1. The second-order valence-electron chi connectivity index (χ2n) is 8.15. The van der Waals surface area contributed by atoms with Crippen molar-refractivity contribution in [2.45, 2.75) is 29.3 Å². The smallest absolute Gasteiger partial charge is 0.270 e. The summed E-state index contributed by atoms with van der Waals surface area (Å²) in [5.74, 6) is -0.462. The molecule has 0 saturated carbocycles. The molecule has 3 aromatic carbocycles. The molecule has 10 heteroatoms. The number of tetrazole rings is 1. The first-order valence-electron chi connectivity index (χ1n) is 10.4. The van der Waals surface area contributed by atoms with Gasteiger partial charge in [-0.3, -0.25) is 14.9 Å². The Bertz CT molecular complexity index is 1340. The highest BCUT2D eigenvalue weighted by molar-refractivity contribution is 7.99. The lowest BCUT2D eigenvalue weighted by Crippen LogP contribution is -2.19. The maximum atomic E-state index is 13.1. The number of carbonyl (C=O) groups excluding carboxylic acids is 1. The lowest BCUT2D eigenvalue weighted by atomic mass is 9.78. The van der Waals surface area contributed by atoms with Crippen molar-refractivity contribution >= 4 is 29.0 Å². The number of anilines is 1. The number of amides is 1. The molecule has 0 aliphatic heterocycles. The van der Waals surface area contributed by atoms with E-state index in [1.165, 1.54) is 28.4 Å². The first kappa shape index (κ1) is 23.1. The normalized spacial score (nSPS) is 11.3. The number of hydrogen-bond acceptors (Lipinski definition) is 7. The molecule has 1 N–H and O–H groups in total. The van der Waals surface area contributed by atoms with E-state index in [0.29, 0.717) is 15.7 Å². The van der Waals surface area contributed by atoms with Gasteiger partial charge in [0.1, 0.15) is 0 Å². The lowest BCUT2D eigenvalue weighted by molar-refractivity contribution is -0.384. The van der Waals surface area contributed by atoms with Crippen LogP contribution in [0.4, 0.5) is 11.4 Å². The fourth-order valence-electron chi connectivity index (χ4n) is 3.49. The third kappa shape index (κ3) is 4.81. The van der Waals surface area contributed by atoms with Crippen molar-refractivity contribution in [3.63, 3.8) is 0 Å². The molecule has 0 unspecified atom stereocenters. The first-order valence-corrected chi connectivity index (χ1v) is 11.2. The van der Waals surface area contributed by atoms with Crippen LogP contribution in [0.25, 0.3) is 0 Å². The van der Waals surface area contributed by atoms with Gasteiger partial charge >= 0.3 is 0 Å². The Morgan fingerprint density at radius 3 is 2.32 bits per heavy atom. The van der Waals surface area contributed by atoms with E-state index in [0.717, 1.165) is 17.3 Å². The quantitative estimate of drug-likeness (QED) is 0.301. The van der Waals surface area contributed by atoms with Crippen LogP contribution < -0.4 is 5.32 Å². The van der Waals surface area contributed by atoms with Gasteiger partial charge in [0.05, 0.1) is 10.5 Å². The van der Waals surface area contributed by atoms with Crippen molar-refractivity contribution in [1.82, 2.24) is 20.2 Å². The zero-order valence-electron chi connectivity index (χ0n) is 18.8. The van der Waals surface area contributed by atoms with Gasteiger partial charge in [-0.2, -0.15) is 0 Å². The van der Waals surface area contributed by atoms with E-state index < -0.39 is 10.8 Å². The van der Waals surface area contributed by atoms with Crippen molar-refractivity contribution in [3.8, 4) is 0 Å². The van der Waals surface area contributed by atoms with Gasteiger partial charge in [-0.25, -0.2) is 4.68 Å². The summed E-state index contributed by atoms with van der Waals surface area (Å²) in [5, 5.41) is 25.9. The zero-order chi connectivity index (χ0) is 24.3. The van der Waals surface area contributed by atoms with Gasteiger partial charge in [0.15, 0.2) is 0 Å². The van der Waals surface area contributed by atoms with Crippen molar-refractivity contribution in [2.75, 3.05) is 5.32 Å². The van der Waals surface area contributed by atoms with Crippen LogP contribution in [-0.4, -0.2) is 31.0 Å². The molecular weight excluding hydrogens is 452 g/mol. The SMILES string of the molecule is Cn1nnnc1Sc1ccc([N+](=O)[O-])cc1C(=O)Nc1ccc(C(C)(C)c2ccccc2)cc1. The van der Waals surface area contributed by atoms with E-state index in [9.17, 15) is 14.9 Å². The van der Waals surface area contributed by atoms with Gasteiger partial charge in [-0.15, -0.1) is 5.10 Å². The van der Waals surface area contributed by atoms with E-state index >= 15 is 0 Å². The third-order valence-corrected chi connectivity index (χ3v) is 6.67. The topological polar surface area (TPSA) is 116 Å². The average molecular weight is 475 g/mol. The molecule has 1 amide bonds. The highest BCUT2D eigenvalue weighted by atomic mass is 32.2. The van der Waals surface area contributed by atoms with Gasteiger partial charge < -0.3 is 5.32 Å². The highest BCUT2D eigenvalue weighted by Gasteiger charge is 2.23. The number of nitrogens with zero attached hydrogens (tertiary/aromatic N) is 5. The molecule has 34 heavy (non-hydrogen) atoms. The molecule has 0 fully saturated rings. The van der Waals surface area contributed by atoms with Gasteiger partial charge in [-0.05, 0) is 51.5 Å². The number of non-ortho nitro benzene ring substituents is 1. The number of nitrogens with one attached hydrogen (secondary N) is 1. The van der Waals surface area contributed by atoms with E-state index in [4.69, 9.17) is 0 Å². The van der Waals surface area contributed by atoms with Crippen LogP contribution in [0.15, 0.2) is 82.8 Å². The summed E-state index contributed by atoms with van der Waals surface area (Å²) >= 11 is 1.15. The summed E-state index contributed by atoms with van der Waals surface area (Å²) in [6.07, 6.45) is 0. The predicted molar refractivity (Wildman–Crippen MR) is 129 cm³/mol. The van der Waals surface area contributed by atoms with Gasteiger partial charge in [-0.1, -0.05) is 56.3 Å². The summed E-state index contributed by atoms with van der Waals surface area (Å²) in [6, 6.07) is 21.9. The summed E-state index contributed by atoms with van der Waals surface area (Å²) < 4.78 is 1.46. The van der Waals surface area contributed by atoms with E-state index in [-0.39, 0.29) is 16.7 Å². The summed E-state index contributed by atoms with van der Waals surface area (Å²) in [6.45, 7) is 4.29. The molecule has 1 aromatic heterocycles. The predicted octanol–water partition coefficient (Wildman–Crippen LogP) is 4.85. The number of rotatable bonds is 7. The molecular formula is C24H22N6O3S. The minimum atomic E-state index is -0.532. The maximum absolute atomic E-state index is 13.1. The Labute approximate surface area is 200 Å². The fraction of sp³-hybridized carbons (Fsp3) is 0.167. The largest absolute Gasteiger partial charge is 0.322 e. The Morgan fingerprint density at radius 1 is 1.03 bits per heavy atom. The van der Waals surface area contributed by atoms with Gasteiger partial charge in [0.2, 0.25) is 5.16 Å². The summed E-state index contributed by atoms with van der Waals surface area (Å²) in [4.78, 5) is 24.4. The lowest BCUT2D eigenvalue weighted by Gasteiger charge is -2.26. The van der Waals surface area contributed by atoms with Crippen LogP contribution in [0.1, 0.15) is 35.3 Å². The average Bonchev–Trinajstić information content (AvgIpc) is 3.24. The van der Waals surface area contributed by atoms with Crippen molar-refractivity contribution < 1.29 is 9.72 Å². The van der Waals surface area contributed by atoms with Gasteiger partial charge in [0, 0.05) is 35.2 Å². The maximum Gasteiger partial charge on any atom is 0.270 e. The molecule has 0 bridgehead atoms. The van der Waals surface area contributed by atoms with Crippen molar-refractivity contribution in [1.29, 1.82) is 0 Å². The summed E-state index contributed by atoms with van der Waals surface area (Å²) in [7, 11) is 1.67. The molecule has 0 spiro atoms. The highest BCUT2D eigenvalue weighted by Crippen LogP contribution is 2.33. The minimum Gasteiger partial charge on any atom is -0.322 e. The number of benzene rings is 3. The van der Waals surface area contributed by atoms with Crippen LogP contribution in [0.2, 0.25) is 0 Å². The molecule has 0 radical (unpaired) electrons. The third-order valence-electron chi connectivity index (χ3n) is 5.56. The number of nitro groups is 1. The fourth-order valence-corrected chi connectivity index (χ4v) is 4.33. The van der Waals surface area contributed by atoms with E-state index in [1.54, 1.807) is 7.05 Å². The van der Waals surface area contributed by atoms with Gasteiger partial charge in [0.25, 0.3) is 11.6 Å². The Morgan fingerprint density at radius 2 is 1.71 bits per heavy atom. The molecule has 0 saturated heterocycles. The van der Waals surface area contributed by atoms with Crippen molar-refractivity contribution in [2.24, 2.45) is 7.05 Å². The molecule has 4 aromatic rings. The Balaban J connectivity index is 1.59. The number of aromatic nitrogens is 4. The van der Waals surface area contributed by atoms with E-state index in [1.807, 2.05) is 42.5 Å². The molecule has 0 aliphatic carbocycles. The second kappa shape index (κ2) is 9.44. The Kier molecular flexibility index (Phi) is 6.42. The number of nitro benzene ring substituents is 1. The van der Waals surface area contributed by atoms with E-state index in [2.05, 4.69) is 46.8 Å². The first-order chi connectivity index (χ1) is 16.3. The zero-order valence-corrected chi connectivity index (χ0v) is 19.6. The van der Waals surface area contributed by atoms with Crippen LogP contribution in [-0.2, 0) is 12.5 Å². The van der Waals surface area contributed by atoms with Crippen molar-refractivity contribution in [3.05, 3.63) is 99.6 Å². The molecule has 4 rings (SSSR count). The van der Waals surface area contributed by atoms with Crippen LogP contribution in [0.5, 0.6) is 0 Å². The minimum absolute atomic E-state index is 0.163. The van der Waals surface area contributed by atoms with Crippen LogP contribution >= 0.6 is 11.8 Å². The molecule has 172 valence electrons. The summed E-state index contributed by atoms with van der Waals surface area (Å²) in [5.41, 5.74) is 2.64. The number of hydrogen-bond donors (Lipinski definition) is 1. The standard InChI is InChI=1S/C24H22N6O3S/c1-24(2,16-7-5-4-6-8-16)17-9-11-18(12-10-17)25-22(31)20-15-19(30(32)33)13-14-21(20)34-23-26-27-28-29(23)3/h4-15H,1-3H3,(H,25,31). The molecule has 0 aliphatic rings. The number of carbonyl (C=O) groups is 1. The van der Waals surface area contributed by atoms with Crippen LogP contribution in [0.3, 0.4) is 0 Å². The Hall–Kier alpha value is -4.05. The molecule has 1 heterocycles. The second-order valence-corrected chi connectivity index (χ2v) is 9.16. The molecule has 9 nitrogen and oxygen atoms in total. The van der Waals surface area contributed by atoms with Crippen LogP contribution in [0, 0.1) is 10.1 Å². The monoisotopic (exact) mass is 474 g/mol.